The predicted octanol–water partition coefficient (Wildman–Crippen LogP) is 0.104. The molecule has 1 amide bonds. The molecule has 0 fully saturated rings. The van der Waals surface area contributed by atoms with E-state index in [1.54, 1.807) is 0 Å². The first kappa shape index (κ1) is 13.3. The Balaban J connectivity index is 2.76. The van der Waals surface area contributed by atoms with Gasteiger partial charge in [0.2, 0.25) is 5.91 Å². The molecule has 0 aliphatic heterocycles. The lowest BCUT2D eigenvalue weighted by molar-refractivity contribution is -0.113. The molecule has 0 radical (unpaired) electrons. The summed E-state index contributed by atoms with van der Waals surface area (Å²) in [5, 5.41) is 2.28. The number of nitrogens with two attached hydrogens (primary N) is 1. The van der Waals surface area contributed by atoms with Crippen LogP contribution in [-0.2, 0) is 14.9 Å². The van der Waals surface area contributed by atoms with Crippen molar-refractivity contribution in [3.63, 3.8) is 0 Å². The lowest BCUT2D eigenvalue weighted by Gasteiger charge is -2.08. The second-order valence-electron chi connectivity index (χ2n) is 3.23. The molecule has 0 atom stereocenters. The molecule has 0 aromatic heterocycles. The molecule has 0 saturated heterocycles. The van der Waals surface area contributed by atoms with Crippen LogP contribution in [0.25, 0.3) is 0 Å². The number of hydrogen-bond donors (Lipinski definition) is 3. The number of amides is 1. The van der Waals surface area contributed by atoms with Gasteiger partial charge in [0.1, 0.15) is 5.75 Å². The van der Waals surface area contributed by atoms with Crippen molar-refractivity contribution in [3.8, 4) is 5.75 Å². The fraction of sp³-hybridized carbons (Fsp3) is 0.222. The molecule has 0 aliphatic carbocycles. The van der Waals surface area contributed by atoms with Gasteiger partial charge in [0.05, 0.1) is 12.8 Å². The number of methoxy groups -OCH3 is 1. The number of nitrogen functional groups attached to an aromatic ring is 1. The molecule has 1 rings (SSSR count). The van der Waals surface area contributed by atoms with Crippen LogP contribution in [0.3, 0.4) is 0 Å². The summed E-state index contributed by atoms with van der Waals surface area (Å²) in [5.41, 5.74) is 6.21. The summed E-state index contributed by atoms with van der Waals surface area (Å²) in [4.78, 5) is 11.2. The van der Waals surface area contributed by atoms with Crippen molar-refractivity contribution >= 4 is 27.4 Å². The number of benzene rings is 1. The maximum atomic E-state index is 11.2. The van der Waals surface area contributed by atoms with E-state index in [4.69, 9.17) is 15.0 Å². The van der Waals surface area contributed by atoms with Crippen LogP contribution in [0.4, 0.5) is 11.4 Å². The van der Waals surface area contributed by atoms with E-state index in [0.29, 0.717) is 17.1 Å². The highest BCUT2D eigenvalue weighted by Gasteiger charge is 2.13. The maximum Gasteiger partial charge on any atom is 0.274 e. The highest BCUT2D eigenvalue weighted by molar-refractivity contribution is 7.86. The molecule has 8 heteroatoms. The number of carbonyl (C=O) groups excluding carboxylic acids is 1. The molecule has 1 aromatic carbocycles. The molecule has 7 nitrogen and oxygen atoms in total. The van der Waals surface area contributed by atoms with E-state index in [1.807, 2.05) is 0 Å². The third-order valence-electron chi connectivity index (χ3n) is 1.83. The lowest BCUT2D eigenvalue weighted by Crippen LogP contribution is -2.22. The van der Waals surface area contributed by atoms with Crippen molar-refractivity contribution in [1.82, 2.24) is 0 Å². The highest BCUT2D eigenvalue weighted by Crippen LogP contribution is 2.24. The molecular weight excluding hydrogens is 248 g/mol. The number of carbonyl (C=O) groups is 1. The van der Waals surface area contributed by atoms with Crippen LogP contribution >= 0.6 is 0 Å². The first-order valence-electron chi connectivity index (χ1n) is 4.50. The minimum atomic E-state index is -4.33. The third-order valence-corrected chi connectivity index (χ3v) is 2.45. The van der Waals surface area contributed by atoms with Gasteiger partial charge in [-0.25, -0.2) is 0 Å². The average Bonchev–Trinajstić information content (AvgIpc) is 2.14. The summed E-state index contributed by atoms with van der Waals surface area (Å²) >= 11 is 0. The van der Waals surface area contributed by atoms with Gasteiger partial charge in [0.25, 0.3) is 10.1 Å². The fourth-order valence-corrected chi connectivity index (χ4v) is 1.58. The first-order chi connectivity index (χ1) is 7.81. The van der Waals surface area contributed by atoms with Crippen molar-refractivity contribution in [2.75, 3.05) is 23.9 Å². The second kappa shape index (κ2) is 5.02. The molecule has 1 aromatic rings. The number of rotatable bonds is 4. The van der Waals surface area contributed by atoms with Crippen molar-refractivity contribution in [2.45, 2.75) is 0 Å². The third kappa shape index (κ3) is 4.29. The van der Waals surface area contributed by atoms with E-state index < -0.39 is 21.8 Å². The van der Waals surface area contributed by atoms with Crippen LogP contribution in [0.1, 0.15) is 0 Å². The van der Waals surface area contributed by atoms with Crippen molar-refractivity contribution in [1.29, 1.82) is 0 Å². The van der Waals surface area contributed by atoms with Crippen LogP contribution < -0.4 is 15.8 Å². The minimum Gasteiger partial charge on any atom is -0.495 e. The Morgan fingerprint density at radius 2 is 2.18 bits per heavy atom. The van der Waals surface area contributed by atoms with Crippen LogP contribution in [-0.4, -0.2) is 31.7 Å². The molecule has 0 heterocycles. The van der Waals surface area contributed by atoms with Gasteiger partial charge in [-0.05, 0) is 18.2 Å². The number of nitrogens with one attached hydrogen (secondary N) is 1. The monoisotopic (exact) mass is 260 g/mol. The minimum absolute atomic E-state index is 0.303. The Morgan fingerprint density at radius 1 is 1.53 bits per heavy atom. The Kier molecular flexibility index (Phi) is 3.92. The fourth-order valence-electron chi connectivity index (χ4n) is 1.17. The average molecular weight is 260 g/mol. The van der Waals surface area contributed by atoms with Gasteiger partial charge >= 0.3 is 0 Å². The molecule has 0 bridgehead atoms. The number of anilines is 2. The normalized spacial score (nSPS) is 10.9. The second-order valence-corrected chi connectivity index (χ2v) is 4.68. The highest BCUT2D eigenvalue weighted by atomic mass is 32.2. The van der Waals surface area contributed by atoms with Gasteiger partial charge in [-0.3, -0.25) is 9.35 Å². The Hall–Kier alpha value is -1.80. The molecular formula is C9H12N2O5S. The van der Waals surface area contributed by atoms with Crippen LogP contribution in [0.2, 0.25) is 0 Å². The van der Waals surface area contributed by atoms with Crippen molar-refractivity contribution in [2.24, 2.45) is 0 Å². The van der Waals surface area contributed by atoms with Crippen LogP contribution in [0.5, 0.6) is 5.75 Å². The number of ether oxygens (including phenoxy) is 1. The quantitative estimate of drug-likeness (QED) is 0.522. The van der Waals surface area contributed by atoms with Crippen LogP contribution in [0, 0.1) is 0 Å². The number of hydrogen-bond acceptors (Lipinski definition) is 5. The van der Waals surface area contributed by atoms with E-state index >= 15 is 0 Å². The molecule has 0 spiro atoms. The predicted molar refractivity (Wildman–Crippen MR) is 62.5 cm³/mol. The topological polar surface area (TPSA) is 119 Å². The zero-order chi connectivity index (χ0) is 13.1. The van der Waals surface area contributed by atoms with Crippen molar-refractivity contribution in [3.05, 3.63) is 18.2 Å². The summed E-state index contributed by atoms with van der Waals surface area (Å²) in [5.74, 6) is -1.41. The summed E-state index contributed by atoms with van der Waals surface area (Å²) in [7, 11) is -2.89. The zero-order valence-electron chi connectivity index (χ0n) is 9.00. The van der Waals surface area contributed by atoms with Gasteiger partial charge in [-0.1, -0.05) is 0 Å². The smallest absolute Gasteiger partial charge is 0.274 e. The van der Waals surface area contributed by atoms with E-state index in [0.717, 1.165) is 0 Å². The van der Waals surface area contributed by atoms with E-state index in [-0.39, 0.29) is 0 Å². The van der Waals surface area contributed by atoms with Gasteiger partial charge in [0.15, 0.2) is 5.75 Å². The molecule has 0 aliphatic rings. The lowest BCUT2D eigenvalue weighted by atomic mass is 10.2. The van der Waals surface area contributed by atoms with Gasteiger partial charge in [0, 0.05) is 5.69 Å². The summed E-state index contributed by atoms with van der Waals surface area (Å²) in [6.07, 6.45) is 0. The van der Waals surface area contributed by atoms with E-state index in [2.05, 4.69) is 5.32 Å². The summed E-state index contributed by atoms with van der Waals surface area (Å²) in [6.45, 7) is 0. The Bertz CT molecular complexity index is 526. The zero-order valence-corrected chi connectivity index (χ0v) is 9.82. The molecule has 0 saturated carbocycles. The van der Waals surface area contributed by atoms with Gasteiger partial charge in [-0.2, -0.15) is 8.42 Å². The SMILES string of the molecule is COc1ccc(NC(=O)CS(=O)(=O)O)cc1N. The summed E-state index contributed by atoms with van der Waals surface area (Å²) < 4.78 is 34.3. The maximum absolute atomic E-state index is 11.2. The Morgan fingerprint density at radius 3 is 2.65 bits per heavy atom. The Labute approximate surface area is 98.3 Å². The summed E-state index contributed by atoms with van der Waals surface area (Å²) in [6, 6.07) is 4.44. The molecule has 4 N–H and O–H groups in total. The standard InChI is InChI=1S/C9H12N2O5S/c1-16-8-3-2-6(4-7(8)10)11-9(12)5-17(13,14)15/h2-4H,5,10H2,1H3,(H,11,12)(H,13,14,15). The van der Waals surface area contributed by atoms with Gasteiger partial charge in [-0.15, -0.1) is 0 Å². The molecule has 0 unspecified atom stereocenters. The van der Waals surface area contributed by atoms with Crippen LogP contribution in [0.15, 0.2) is 18.2 Å². The largest absolute Gasteiger partial charge is 0.495 e. The van der Waals surface area contributed by atoms with E-state index in [9.17, 15) is 13.2 Å². The molecule has 17 heavy (non-hydrogen) atoms. The first-order valence-corrected chi connectivity index (χ1v) is 6.11. The van der Waals surface area contributed by atoms with Crippen molar-refractivity contribution < 1.29 is 22.5 Å². The van der Waals surface area contributed by atoms with E-state index in [1.165, 1.54) is 25.3 Å². The van der Waals surface area contributed by atoms with Gasteiger partial charge < -0.3 is 15.8 Å². The molecule has 94 valence electrons.